The Hall–Kier alpha value is -1.45. The van der Waals surface area contributed by atoms with E-state index in [1.54, 1.807) is 25.6 Å². The van der Waals surface area contributed by atoms with Gasteiger partial charge in [0.2, 0.25) is 0 Å². The zero-order valence-electron chi connectivity index (χ0n) is 9.02. The highest BCUT2D eigenvalue weighted by Crippen LogP contribution is 2.19. The molecule has 1 aromatic heterocycles. The number of rotatable bonds is 0. The van der Waals surface area contributed by atoms with E-state index < -0.39 is 0 Å². The fraction of sp³-hybridized carbons (Fsp3) is 0.500. The van der Waals surface area contributed by atoms with Gasteiger partial charge in [0.15, 0.2) is 11.6 Å². The maximum atomic E-state index is 5.20. The minimum absolute atomic E-state index is 0.125. The molecule has 1 aliphatic rings. The summed E-state index contributed by atoms with van der Waals surface area (Å²) in [5, 5.41) is 0. The zero-order valence-corrected chi connectivity index (χ0v) is 9.02. The summed E-state index contributed by atoms with van der Waals surface area (Å²) in [6.07, 6.45) is 6.80. The van der Waals surface area contributed by atoms with Gasteiger partial charge in [-0.3, -0.25) is 0 Å². The lowest BCUT2D eigenvalue weighted by Gasteiger charge is -2.26. The first-order valence-electron chi connectivity index (χ1n) is 4.46. The van der Waals surface area contributed by atoms with E-state index in [1.165, 1.54) is 0 Å². The van der Waals surface area contributed by atoms with Crippen molar-refractivity contribution < 1.29 is 9.15 Å². The van der Waals surface area contributed by atoms with Crippen molar-refractivity contribution >= 4 is 0 Å². The highest BCUT2D eigenvalue weighted by atomic mass is 16.5. The molecule has 78 valence electrons. The Morgan fingerprint density at radius 2 is 2.14 bits per heavy atom. The summed E-state index contributed by atoms with van der Waals surface area (Å²) in [6.45, 7) is 5.85. The topological polar surface area (TPSA) is 38.5 Å². The fourth-order valence-corrected chi connectivity index (χ4v) is 0.846. The lowest BCUT2D eigenvalue weighted by atomic mass is 10.3. The summed E-state index contributed by atoms with van der Waals surface area (Å²) < 4.78 is 9.92. The molecule has 14 heavy (non-hydrogen) atoms. The Morgan fingerprint density at radius 3 is 2.29 bits per heavy atom. The Balaban J connectivity index is 0.000000146. The van der Waals surface area contributed by atoms with Crippen LogP contribution >= 0.6 is 0 Å². The van der Waals surface area contributed by atoms with Gasteiger partial charge in [0, 0.05) is 20.2 Å². The summed E-state index contributed by atoms with van der Waals surface area (Å²) in [5.41, 5.74) is -0.125. The third-order valence-corrected chi connectivity index (χ3v) is 2.05. The minimum atomic E-state index is -0.125. The van der Waals surface area contributed by atoms with Crippen LogP contribution in [-0.2, 0) is 4.74 Å². The maximum absolute atomic E-state index is 5.20. The van der Waals surface area contributed by atoms with Crippen LogP contribution < -0.4 is 0 Å². The van der Waals surface area contributed by atoms with Crippen molar-refractivity contribution in [2.24, 2.45) is 0 Å². The molecule has 4 heteroatoms. The fourth-order valence-electron chi connectivity index (χ4n) is 0.846. The van der Waals surface area contributed by atoms with Crippen molar-refractivity contribution in [1.29, 1.82) is 0 Å². The van der Waals surface area contributed by atoms with Gasteiger partial charge in [-0.25, -0.2) is 4.98 Å². The second-order valence-electron chi connectivity index (χ2n) is 3.51. The molecule has 0 unspecified atom stereocenters. The van der Waals surface area contributed by atoms with Crippen LogP contribution in [0.15, 0.2) is 29.3 Å². The number of aryl methyl sites for hydroxylation is 1. The predicted octanol–water partition coefficient (Wildman–Crippen LogP) is 2.14. The Bertz CT molecular complexity index is 291. The molecule has 1 aromatic rings. The first-order chi connectivity index (χ1) is 6.52. The summed E-state index contributed by atoms with van der Waals surface area (Å²) in [7, 11) is 1.99. The van der Waals surface area contributed by atoms with E-state index in [9.17, 15) is 0 Å². The number of aromatic nitrogens is 1. The van der Waals surface area contributed by atoms with Gasteiger partial charge in [0.1, 0.15) is 12.5 Å². The van der Waals surface area contributed by atoms with Crippen LogP contribution in [-0.4, -0.2) is 22.7 Å². The van der Waals surface area contributed by atoms with E-state index >= 15 is 0 Å². The second-order valence-corrected chi connectivity index (χ2v) is 3.51. The normalized spacial score (nSPS) is 17.3. The van der Waals surface area contributed by atoms with Crippen molar-refractivity contribution in [2.45, 2.75) is 26.5 Å². The molecule has 0 amide bonds. The molecular formula is C10H16N2O2. The number of oxazole rings is 1. The summed E-state index contributed by atoms with van der Waals surface area (Å²) in [5.74, 6) is 0.718. The Kier molecular flexibility index (Phi) is 3.17. The van der Waals surface area contributed by atoms with E-state index in [0.29, 0.717) is 0 Å². The predicted molar refractivity (Wildman–Crippen MR) is 53.3 cm³/mol. The van der Waals surface area contributed by atoms with Gasteiger partial charge in [-0.1, -0.05) is 0 Å². The third kappa shape index (κ3) is 2.80. The van der Waals surface area contributed by atoms with Crippen LogP contribution in [0.4, 0.5) is 0 Å². The van der Waals surface area contributed by atoms with E-state index in [2.05, 4.69) is 4.98 Å². The molecular weight excluding hydrogens is 180 g/mol. The first-order valence-corrected chi connectivity index (χ1v) is 4.46. The van der Waals surface area contributed by atoms with Crippen LogP contribution in [0, 0.1) is 6.92 Å². The van der Waals surface area contributed by atoms with Crippen LogP contribution in [0.5, 0.6) is 0 Å². The molecule has 0 spiro atoms. The molecule has 0 fully saturated rings. The average Bonchev–Trinajstić information content (AvgIpc) is 2.65. The molecule has 0 aromatic carbocycles. The van der Waals surface area contributed by atoms with E-state index in [0.717, 1.165) is 5.89 Å². The standard InChI is InChI=1S/C6H11NO.C4H5NO/c1-6(2)7(3)4-5-8-6;1-4-5-2-3-6-4/h4-5H,1-3H3;2-3H,1H3. The van der Waals surface area contributed by atoms with Crippen molar-refractivity contribution in [3.05, 3.63) is 30.8 Å². The van der Waals surface area contributed by atoms with Gasteiger partial charge >= 0.3 is 0 Å². The molecule has 0 atom stereocenters. The highest BCUT2D eigenvalue weighted by Gasteiger charge is 2.24. The number of hydrogen-bond acceptors (Lipinski definition) is 4. The van der Waals surface area contributed by atoms with Crippen molar-refractivity contribution in [3.8, 4) is 0 Å². The van der Waals surface area contributed by atoms with E-state index in [4.69, 9.17) is 9.15 Å². The van der Waals surface area contributed by atoms with Gasteiger partial charge in [0.05, 0.1) is 6.20 Å². The van der Waals surface area contributed by atoms with Gasteiger partial charge in [-0.05, 0) is 13.8 Å². The minimum Gasteiger partial charge on any atom is -0.475 e. The molecule has 0 saturated carbocycles. The highest BCUT2D eigenvalue weighted by molar-refractivity contribution is 4.88. The van der Waals surface area contributed by atoms with Crippen molar-refractivity contribution in [1.82, 2.24) is 9.88 Å². The lowest BCUT2D eigenvalue weighted by molar-refractivity contribution is -0.0167. The van der Waals surface area contributed by atoms with E-state index in [-0.39, 0.29) is 5.72 Å². The quantitative estimate of drug-likeness (QED) is 0.637. The smallest absolute Gasteiger partial charge is 0.190 e. The average molecular weight is 196 g/mol. The monoisotopic (exact) mass is 196 g/mol. The molecule has 0 radical (unpaired) electrons. The van der Waals surface area contributed by atoms with Crippen LogP contribution in [0.25, 0.3) is 0 Å². The molecule has 0 N–H and O–H groups in total. The Labute approximate surface area is 84.2 Å². The van der Waals surface area contributed by atoms with Gasteiger partial charge < -0.3 is 14.1 Å². The molecule has 0 aliphatic carbocycles. The van der Waals surface area contributed by atoms with Gasteiger partial charge in [0.25, 0.3) is 0 Å². The molecule has 0 bridgehead atoms. The second kappa shape index (κ2) is 4.17. The summed E-state index contributed by atoms with van der Waals surface area (Å²) >= 11 is 0. The number of nitrogens with zero attached hydrogens (tertiary/aromatic N) is 2. The molecule has 4 nitrogen and oxygen atoms in total. The largest absolute Gasteiger partial charge is 0.475 e. The molecule has 2 heterocycles. The zero-order chi connectivity index (χ0) is 10.6. The summed E-state index contributed by atoms with van der Waals surface area (Å²) in [6, 6.07) is 0. The van der Waals surface area contributed by atoms with Crippen LogP contribution in [0.1, 0.15) is 19.7 Å². The SMILES string of the molecule is CN1C=COC1(C)C.Cc1ncco1. The van der Waals surface area contributed by atoms with Crippen molar-refractivity contribution in [2.75, 3.05) is 7.05 Å². The van der Waals surface area contributed by atoms with E-state index in [1.807, 2.05) is 32.0 Å². The molecule has 1 aliphatic heterocycles. The third-order valence-electron chi connectivity index (χ3n) is 2.05. The summed E-state index contributed by atoms with van der Waals surface area (Å²) in [4.78, 5) is 5.77. The van der Waals surface area contributed by atoms with Gasteiger partial charge in [-0.15, -0.1) is 0 Å². The number of ether oxygens (including phenoxy) is 1. The first kappa shape index (κ1) is 10.6. The Morgan fingerprint density at radius 1 is 1.43 bits per heavy atom. The maximum Gasteiger partial charge on any atom is 0.190 e. The lowest BCUT2D eigenvalue weighted by Crippen LogP contribution is -2.34. The molecule has 0 saturated heterocycles. The molecule has 2 rings (SSSR count). The number of hydrogen-bond donors (Lipinski definition) is 0. The van der Waals surface area contributed by atoms with Crippen molar-refractivity contribution in [3.63, 3.8) is 0 Å². The van der Waals surface area contributed by atoms with Crippen LogP contribution in [0.2, 0.25) is 0 Å². The van der Waals surface area contributed by atoms with Gasteiger partial charge in [-0.2, -0.15) is 0 Å². The van der Waals surface area contributed by atoms with Crippen LogP contribution in [0.3, 0.4) is 0 Å².